The van der Waals surface area contributed by atoms with Gasteiger partial charge in [0.15, 0.2) is 0 Å². The molecule has 0 radical (unpaired) electrons. The second-order valence-corrected chi connectivity index (χ2v) is 7.09. The molecule has 0 fully saturated rings. The molecule has 0 bridgehead atoms. The fraction of sp³-hybridized carbons (Fsp3) is 0.500. The van der Waals surface area contributed by atoms with E-state index in [1.807, 2.05) is 0 Å². The molecule has 0 unspecified atom stereocenters. The number of hydrogen-bond donors (Lipinski definition) is 1. The van der Waals surface area contributed by atoms with E-state index in [1.54, 1.807) is 26.8 Å². The van der Waals surface area contributed by atoms with E-state index in [0.717, 1.165) is 4.88 Å². The monoisotopic (exact) mass is 323 g/mol. The summed E-state index contributed by atoms with van der Waals surface area (Å²) in [4.78, 5) is 23.3. The Hall–Kier alpha value is -0.780. The van der Waals surface area contributed by atoms with Crippen molar-refractivity contribution in [2.45, 2.75) is 38.8 Å². The molecule has 1 atom stereocenters. The fourth-order valence-electron chi connectivity index (χ4n) is 1.31. The highest BCUT2D eigenvalue weighted by Gasteiger charge is 2.20. The third kappa shape index (κ3) is 5.80. The topological polar surface area (TPSA) is 55.4 Å². The van der Waals surface area contributed by atoms with Crippen molar-refractivity contribution in [3.05, 3.63) is 20.3 Å². The Morgan fingerprint density at radius 3 is 2.58 bits per heavy atom. The van der Waals surface area contributed by atoms with E-state index in [1.165, 1.54) is 11.3 Å². The molecule has 106 valence electrons. The molecule has 1 heterocycles. The number of carbonyl (C=O) groups is 2. The van der Waals surface area contributed by atoms with E-state index in [2.05, 4.69) is 5.32 Å². The summed E-state index contributed by atoms with van der Waals surface area (Å²) in [7, 11) is 0. The van der Waals surface area contributed by atoms with Crippen molar-refractivity contribution in [2.24, 2.45) is 0 Å². The van der Waals surface area contributed by atoms with Crippen LogP contribution < -0.4 is 5.32 Å². The lowest BCUT2D eigenvalue weighted by molar-refractivity contribution is -0.109. The predicted molar refractivity (Wildman–Crippen MR) is 77.3 cm³/mol. The van der Waals surface area contributed by atoms with Gasteiger partial charge < -0.3 is 14.8 Å². The number of aldehydes is 1. The molecule has 0 aromatic carbocycles. The first-order valence-electron chi connectivity index (χ1n) is 5.60. The molecule has 0 aliphatic rings. The van der Waals surface area contributed by atoms with E-state index in [-0.39, 0.29) is 0 Å². The largest absolute Gasteiger partial charge is 0.444 e. The van der Waals surface area contributed by atoms with Crippen molar-refractivity contribution >= 4 is 46.9 Å². The van der Waals surface area contributed by atoms with Gasteiger partial charge in [0.05, 0.1) is 15.4 Å². The molecule has 0 saturated carbocycles. The van der Waals surface area contributed by atoms with Crippen LogP contribution in [0.25, 0.3) is 0 Å². The maximum absolute atomic E-state index is 11.6. The highest BCUT2D eigenvalue weighted by Crippen LogP contribution is 2.31. The van der Waals surface area contributed by atoms with Gasteiger partial charge in [-0.1, -0.05) is 23.2 Å². The summed E-state index contributed by atoms with van der Waals surface area (Å²) in [6, 6.07) is 0.917. The van der Waals surface area contributed by atoms with Crippen molar-refractivity contribution in [3.8, 4) is 0 Å². The first-order valence-corrected chi connectivity index (χ1v) is 7.17. The maximum Gasteiger partial charge on any atom is 0.408 e. The molecule has 1 aromatic heterocycles. The molecule has 1 amide bonds. The molecule has 0 aliphatic heterocycles. The Bertz CT molecular complexity index is 468. The van der Waals surface area contributed by atoms with Gasteiger partial charge in [-0.05, 0) is 26.8 Å². The zero-order valence-electron chi connectivity index (χ0n) is 10.8. The number of amides is 1. The highest BCUT2D eigenvalue weighted by atomic mass is 35.5. The van der Waals surface area contributed by atoms with Crippen LogP contribution in [0, 0.1) is 0 Å². The number of alkyl carbamates (subject to hydrolysis) is 1. The van der Waals surface area contributed by atoms with Crippen LogP contribution in [0.5, 0.6) is 0 Å². The second kappa shape index (κ2) is 6.59. The molecule has 19 heavy (non-hydrogen) atoms. The van der Waals surface area contributed by atoms with E-state index >= 15 is 0 Å². The van der Waals surface area contributed by atoms with Gasteiger partial charge in [0.1, 0.15) is 11.9 Å². The number of rotatable bonds is 4. The van der Waals surface area contributed by atoms with Gasteiger partial charge >= 0.3 is 6.09 Å². The minimum absolute atomic E-state index is 0.291. The zero-order chi connectivity index (χ0) is 14.6. The summed E-state index contributed by atoms with van der Waals surface area (Å²) >= 11 is 13.1. The summed E-state index contributed by atoms with van der Waals surface area (Å²) in [5.74, 6) is 0. The predicted octanol–water partition coefficient (Wildman–Crippen LogP) is 3.69. The van der Waals surface area contributed by atoms with Gasteiger partial charge in [-0.25, -0.2) is 4.79 Å². The summed E-state index contributed by atoms with van der Waals surface area (Å²) in [5, 5.41) is 2.98. The Balaban J connectivity index is 2.62. The fourth-order valence-corrected chi connectivity index (χ4v) is 2.95. The van der Waals surface area contributed by atoms with E-state index in [4.69, 9.17) is 27.9 Å². The van der Waals surface area contributed by atoms with Crippen LogP contribution in [0.2, 0.25) is 9.36 Å². The lowest BCUT2D eigenvalue weighted by Gasteiger charge is -2.21. The third-order valence-electron chi connectivity index (χ3n) is 2.00. The van der Waals surface area contributed by atoms with E-state index < -0.39 is 17.7 Å². The van der Waals surface area contributed by atoms with Crippen LogP contribution in [-0.4, -0.2) is 24.0 Å². The van der Waals surface area contributed by atoms with Gasteiger partial charge in [-0.3, -0.25) is 0 Å². The number of thiophene rings is 1. The van der Waals surface area contributed by atoms with Crippen LogP contribution in [0.3, 0.4) is 0 Å². The van der Waals surface area contributed by atoms with Gasteiger partial charge in [0, 0.05) is 11.3 Å². The first kappa shape index (κ1) is 16.3. The SMILES string of the molecule is CC(C)(C)OC(=O)N[C@@H](C=O)Cc1sc(Cl)cc1Cl. The maximum atomic E-state index is 11.6. The van der Waals surface area contributed by atoms with Gasteiger partial charge in [0.2, 0.25) is 0 Å². The summed E-state index contributed by atoms with van der Waals surface area (Å²) in [6.07, 6.45) is 0.302. The highest BCUT2D eigenvalue weighted by molar-refractivity contribution is 7.16. The van der Waals surface area contributed by atoms with Gasteiger partial charge in [-0.2, -0.15) is 0 Å². The van der Waals surface area contributed by atoms with Crippen LogP contribution in [0.15, 0.2) is 6.07 Å². The van der Waals surface area contributed by atoms with Crippen molar-refractivity contribution in [2.75, 3.05) is 0 Å². The standard InChI is InChI=1S/C12H15Cl2NO3S/c1-12(2,3)18-11(17)15-7(6-16)4-9-8(13)5-10(14)19-9/h5-7H,4H2,1-3H3,(H,15,17)/t7-/m1/s1. The van der Waals surface area contributed by atoms with E-state index in [9.17, 15) is 9.59 Å². The zero-order valence-corrected chi connectivity index (χ0v) is 13.2. The molecule has 1 rings (SSSR count). The quantitative estimate of drug-likeness (QED) is 0.860. The van der Waals surface area contributed by atoms with Crippen LogP contribution in [-0.2, 0) is 16.0 Å². The number of carbonyl (C=O) groups excluding carboxylic acids is 2. The van der Waals surface area contributed by atoms with Crippen LogP contribution >= 0.6 is 34.5 Å². The minimum Gasteiger partial charge on any atom is -0.444 e. The average molecular weight is 324 g/mol. The van der Waals surface area contributed by atoms with Crippen LogP contribution in [0.4, 0.5) is 4.79 Å². The first-order chi connectivity index (χ1) is 8.71. The Morgan fingerprint density at radius 2 is 2.16 bits per heavy atom. The Labute approximate surface area is 126 Å². The van der Waals surface area contributed by atoms with Gasteiger partial charge in [-0.15, -0.1) is 11.3 Å². The molecule has 1 aromatic rings. The number of ether oxygens (including phenoxy) is 1. The number of nitrogens with one attached hydrogen (secondary N) is 1. The lowest BCUT2D eigenvalue weighted by atomic mass is 10.2. The average Bonchev–Trinajstić information content (AvgIpc) is 2.53. The summed E-state index contributed by atoms with van der Waals surface area (Å²) < 4.78 is 5.62. The number of hydrogen-bond acceptors (Lipinski definition) is 4. The minimum atomic E-state index is -0.693. The summed E-state index contributed by atoms with van der Waals surface area (Å²) in [6.45, 7) is 5.25. The molecule has 0 spiro atoms. The Morgan fingerprint density at radius 1 is 1.53 bits per heavy atom. The lowest BCUT2D eigenvalue weighted by Crippen LogP contribution is -2.41. The molecule has 0 saturated heterocycles. The van der Waals surface area contributed by atoms with E-state index in [0.29, 0.717) is 22.1 Å². The molecule has 4 nitrogen and oxygen atoms in total. The molecule has 0 aliphatic carbocycles. The Kier molecular flexibility index (Phi) is 5.64. The summed E-state index contributed by atoms with van der Waals surface area (Å²) in [5.41, 5.74) is -0.610. The van der Waals surface area contributed by atoms with Crippen molar-refractivity contribution in [1.82, 2.24) is 5.32 Å². The van der Waals surface area contributed by atoms with Crippen molar-refractivity contribution < 1.29 is 14.3 Å². The number of halogens is 2. The van der Waals surface area contributed by atoms with Crippen molar-refractivity contribution in [1.29, 1.82) is 0 Å². The van der Waals surface area contributed by atoms with Crippen LogP contribution in [0.1, 0.15) is 25.6 Å². The molecule has 7 heteroatoms. The smallest absolute Gasteiger partial charge is 0.408 e. The molecular weight excluding hydrogens is 309 g/mol. The molecular formula is C12H15Cl2NO3S. The van der Waals surface area contributed by atoms with Crippen molar-refractivity contribution in [3.63, 3.8) is 0 Å². The second-order valence-electron chi connectivity index (χ2n) is 4.91. The molecule has 1 N–H and O–H groups in total. The third-order valence-corrected chi connectivity index (χ3v) is 3.73. The normalized spacial score (nSPS) is 12.9. The van der Waals surface area contributed by atoms with Gasteiger partial charge in [0.25, 0.3) is 0 Å².